The predicted octanol–water partition coefficient (Wildman–Crippen LogP) is 4.33. The zero-order valence-corrected chi connectivity index (χ0v) is 11.2. The summed E-state index contributed by atoms with van der Waals surface area (Å²) in [5.74, 6) is 0.522. The third kappa shape index (κ3) is 4.35. The molecule has 94 valence electrons. The van der Waals surface area contributed by atoms with Crippen molar-refractivity contribution in [1.29, 1.82) is 0 Å². The summed E-state index contributed by atoms with van der Waals surface area (Å²) in [6, 6.07) is 11.0. The molecule has 0 aromatic heterocycles. The van der Waals surface area contributed by atoms with Crippen LogP contribution in [0.25, 0.3) is 0 Å². The third-order valence-corrected chi connectivity index (χ3v) is 3.34. The molecule has 0 saturated carbocycles. The Balaban J connectivity index is 2.66. The van der Waals surface area contributed by atoms with Crippen molar-refractivity contribution in [2.24, 2.45) is 5.92 Å². The summed E-state index contributed by atoms with van der Waals surface area (Å²) in [5.41, 5.74) is 1.36. The largest absolute Gasteiger partial charge is 0.313 e. The van der Waals surface area contributed by atoms with Crippen molar-refractivity contribution in [3.8, 4) is 0 Å². The van der Waals surface area contributed by atoms with Gasteiger partial charge in [0.2, 0.25) is 0 Å². The molecular weight excluding hydrogens is 206 g/mol. The first-order valence-corrected chi connectivity index (χ1v) is 6.68. The van der Waals surface area contributed by atoms with Gasteiger partial charge in [-0.25, -0.2) is 0 Å². The van der Waals surface area contributed by atoms with Gasteiger partial charge in [0.25, 0.3) is 0 Å². The molecule has 2 atom stereocenters. The Labute approximate surface area is 106 Å². The van der Waals surface area contributed by atoms with Crippen molar-refractivity contribution in [2.45, 2.75) is 38.6 Å². The van der Waals surface area contributed by atoms with E-state index in [1.807, 2.05) is 7.05 Å². The van der Waals surface area contributed by atoms with Crippen molar-refractivity contribution in [1.82, 2.24) is 5.32 Å². The van der Waals surface area contributed by atoms with Crippen LogP contribution in [0.1, 0.15) is 44.2 Å². The van der Waals surface area contributed by atoms with E-state index < -0.39 is 0 Å². The van der Waals surface area contributed by atoms with Crippen LogP contribution in [0, 0.1) is 5.92 Å². The molecule has 0 radical (unpaired) electrons. The lowest BCUT2D eigenvalue weighted by Gasteiger charge is -2.24. The van der Waals surface area contributed by atoms with Gasteiger partial charge in [-0.15, -0.1) is 6.58 Å². The van der Waals surface area contributed by atoms with Crippen molar-refractivity contribution in [3.05, 3.63) is 48.6 Å². The molecule has 1 aromatic rings. The predicted molar refractivity (Wildman–Crippen MR) is 76.1 cm³/mol. The second-order valence-corrected chi connectivity index (χ2v) is 4.57. The summed E-state index contributed by atoms with van der Waals surface area (Å²) < 4.78 is 0. The highest BCUT2D eigenvalue weighted by molar-refractivity contribution is 5.20. The molecule has 0 aliphatic rings. The van der Waals surface area contributed by atoms with Crippen LogP contribution in [0.15, 0.2) is 43.0 Å². The maximum absolute atomic E-state index is 3.99. The number of benzene rings is 1. The van der Waals surface area contributed by atoms with Gasteiger partial charge >= 0.3 is 0 Å². The summed E-state index contributed by atoms with van der Waals surface area (Å²) in [6.07, 6.45) is 7.20. The Morgan fingerprint density at radius 3 is 2.47 bits per heavy atom. The highest BCUT2D eigenvalue weighted by Crippen LogP contribution is 2.27. The fraction of sp³-hybridized carbons (Fsp3) is 0.500. The van der Waals surface area contributed by atoms with Crippen LogP contribution in [-0.2, 0) is 0 Å². The quantitative estimate of drug-likeness (QED) is 0.518. The number of hydrogen-bond donors (Lipinski definition) is 1. The number of unbranched alkanes of at least 4 members (excludes halogenated alkanes) is 2. The van der Waals surface area contributed by atoms with E-state index in [9.17, 15) is 0 Å². The maximum atomic E-state index is 3.99. The highest BCUT2D eigenvalue weighted by Gasteiger charge is 2.17. The fourth-order valence-electron chi connectivity index (χ4n) is 2.34. The first-order chi connectivity index (χ1) is 8.33. The van der Waals surface area contributed by atoms with Crippen molar-refractivity contribution in [2.75, 3.05) is 7.05 Å². The van der Waals surface area contributed by atoms with Crippen LogP contribution in [0.4, 0.5) is 0 Å². The molecule has 0 aliphatic carbocycles. The van der Waals surface area contributed by atoms with Gasteiger partial charge in [-0.2, -0.15) is 0 Å². The van der Waals surface area contributed by atoms with Gasteiger partial charge in [0.05, 0.1) is 0 Å². The summed E-state index contributed by atoms with van der Waals surface area (Å²) >= 11 is 0. The Morgan fingerprint density at radius 2 is 1.94 bits per heavy atom. The summed E-state index contributed by atoms with van der Waals surface area (Å²) in [4.78, 5) is 0. The molecule has 1 rings (SSSR count). The van der Waals surface area contributed by atoms with E-state index in [0.717, 1.165) is 0 Å². The lowest BCUT2D eigenvalue weighted by atomic mass is 9.89. The van der Waals surface area contributed by atoms with E-state index in [2.05, 4.69) is 55.2 Å². The SMILES string of the molecule is C=CC(CCCCC)C(NC)c1ccccc1. The van der Waals surface area contributed by atoms with E-state index in [1.165, 1.54) is 31.2 Å². The highest BCUT2D eigenvalue weighted by atomic mass is 14.9. The van der Waals surface area contributed by atoms with Crippen molar-refractivity contribution >= 4 is 0 Å². The van der Waals surface area contributed by atoms with E-state index in [0.29, 0.717) is 12.0 Å². The van der Waals surface area contributed by atoms with Gasteiger partial charge < -0.3 is 5.32 Å². The molecule has 0 saturated heterocycles. The Morgan fingerprint density at radius 1 is 1.24 bits per heavy atom. The topological polar surface area (TPSA) is 12.0 Å². The minimum absolute atomic E-state index is 0.394. The minimum Gasteiger partial charge on any atom is -0.313 e. The van der Waals surface area contributed by atoms with Gasteiger partial charge in [-0.3, -0.25) is 0 Å². The van der Waals surface area contributed by atoms with Crippen molar-refractivity contribution in [3.63, 3.8) is 0 Å². The molecule has 1 heteroatoms. The van der Waals surface area contributed by atoms with E-state index >= 15 is 0 Å². The first-order valence-electron chi connectivity index (χ1n) is 6.68. The van der Waals surface area contributed by atoms with Gasteiger partial charge in [0.15, 0.2) is 0 Å². The van der Waals surface area contributed by atoms with E-state index in [-0.39, 0.29) is 0 Å². The van der Waals surface area contributed by atoms with E-state index in [4.69, 9.17) is 0 Å². The van der Waals surface area contributed by atoms with Crippen LogP contribution in [0.5, 0.6) is 0 Å². The summed E-state index contributed by atoms with van der Waals surface area (Å²) in [7, 11) is 2.04. The lowest BCUT2D eigenvalue weighted by molar-refractivity contribution is 0.411. The average molecular weight is 231 g/mol. The lowest BCUT2D eigenvalue weighted by Crippen LogP contribution is -2.24. The average Bonchev–Trinajstić information content (AvgIpc) is 2.39. The van der Waals surface area contributed by atoms with Crippen LogP contribution in [0.2, 0.25) is 0 Å². The molecule has 1 nitrogen and oxygen atoms in total. The Kier molecular flexibility index (Phi) is 6.64. The molecular formula is C16H25N. The second-order valence-electron chi connectivity index (χ2n) is 4.57. The van der Waals surface area contributed by atoms with Gasteiger partial charge in [0, 0.05) is 6.04 Å². The third-order valence-electron chi connectivity index (χ3n) is 3.34. The molecule has 0 heterocycles. The number of hydrogen-bond acceptors (Lipinski definition) is 1. The Bertz CT molecular complexity index is 305. The van der Waals surface area contributed by atoms with E-state index in [1.54, 1.807) is 0 Å². The summed E-state index contributed by atoms with van der Waals surface area (Å²) in [6.45, 7) is 6.24. The van der Waals surface area contributed by atoms with Gasteiger partial charge in [-0.1, -0.05) is 62.6 Å². The first kappa shape index (κ1) is 14.0. The van der Waals surface area contributed by atoms with Crippen LogP contribution in [-0.4, -0.2) is 7.05 Å². The molecule has 0 amide bonds. The molecule has 1 N–H and O–H groups in total. The monoisotopic (exact) mass is 231 g/mol. The molecule has 0 fully saturated rings. The fourth-order valence-corrected chi connectivity index (χ4v) is 2.34. The molecule has 0 bridgehead atoms. The maximum Gasteiger partial charge on any atom is 0.0381 e. The smallest absolute Gasteiger partial charge is 0.0381 e. The molecule has 1 aromatic carbocycles. The number of nitrogens with one attached hydrogen (secondary N) is 1. The Hall–Kier alpha value is -1.08. The standard InChI is InChI=1S/C16H25N/c1-4-6-8-11-14(5-2)16(17-3)15-12-9-7-10-13-15/h5,7,9-10,12-14,16-17H,2,4,6,8,11H2,1,3H3. The number of rotatable bonds is 8. The zero-order chi connectivity index (χ0) is 12.5. The van der Waals surface area contributed by atoms with Crippen LogP contribution in [0.3, 0.4) is 0 Å². The molecule has 0 aliphatic heterocycles. The van der Waals surface area contributed by atoms with Crippen LogP contribution < -0.4 is 5.32 Å². The minimum atomic E-state index is 0.394. The molecule has 0 spiro atoms. The molecule has 2 unspecified atom stereocenters. The van der Waals surface area contributed by atoms with Crippen LogP contribution >= 0.6 is 0 Å². The van der Waals surface area contributed by atoms with Crippen molar-refractivity contribution < 1.29 is 0 Å². The molecule has 17 heavy (non-hydrogen) atoms. The normalized spacial score (nSPS) is 14.2. The van der Waals surface area contributed by atoms with Gasteiger partial charge in [-0.05, 0) is 24.9 Å². The zero-order valence-electron chi connectivity index (χ0n) is 11.2. The van der Waals surface area contributed by atoms with Gasteiger partial charge in [0.1, 0.15) is 0 Å². The summed E-state index contributed by atoms with van der Waals surface area (Å²) in [5, 5.41) is 3.43. The second kappa shape index (κ2) is 8.08.